The van der Waals surface area contributed by atoms with Gasteiger partial charge in [-0.05, 0) is 23.7 Å². The predicted octanol–water partition coefficient (Wildman–Crippen LogP) is 3.09. The van der Waals surface area contributed by atoms with E-state index >= 15 is 0 Å². The average molecular weight is 241 g/mol. The van der Waals surface area contributed by atoms with Crippen molar-refractivity contribution >= 4 is 11.6 Å². The van der Waals surface area contributed by atoms with E-state index in [9.17, 15) is 0 Å². The van der Waals surface area contributed by atoms with Gasteiger partial charge in [0.1, 0.15) is 0 Å². The third-order valence-corrected chi connectivity index (χ3v) is 2.23. The van der Waals surface area contributed by atoms with Crippen LogP contribution in [-0.2, 0) is 6.54 Å². The maximum absolute atomic E-state index is 5.68. The van der Waals surface area contributed by atoms with Crippen LogP contribution in [0.15, 0.2) is 27.2 Å². The molecule has 0 amide bonds. The molecular formula is C11H13ClN2O2. The van der Waals surface area contributed by atoms with Crippen LogP contribution in [0.4, 0.5) is 0 Å². The Balaban J connectivity index is 2.07. The minimum Gasteiger partial charge on any atom is -0.441 e. The molecule has 0 spiro atoms. The van der Waals surface area contributed by atoms with E-state index in [2.05, 4.69) is 24.1 Å². The van der Waals surface area contributed by atoms with Gasteiger partial charge in [0.15, 0.2) is 16.7 Å². The van der Waals surface area contributed by atoms with E-state index in [0.717, 1.165) is 0 Å². The van der Waals surface area contributed by atoms with Crippen molar-refractivity contribution in [2.45, 2.75) is 26.4 Å². The molecule has 1 N–H and O–H groups in total. The number of rotatable bonds is 4. The molecule has 0 aromatic carbocycles. The Kier molecular flexibility index (Phi) is 3.31. The highest BCUT2D eigenvalue weighted by molar-refractivity contribution is 6.28. The molecule has 2 heterocycles. The van der Waals surface area contributed by atoms with Gasteiger partial charge < -0.3 is 14.2 Å². The summed E-state index contributed by atoms with van der Waals surface area (Å²) in [6, 6.07) is 3.82. The van der Waals surface area contributed by atoms with Crippen LogP contribution < -0.4 is 5.32 Å². The van der Waals surface area contributed by atoms with Crippen LogP contribution >= 0.6 is 11.6 Å². The zero-order valence-electron chi connectivity index (χ0n) is 9.16. The summed E-state index contributed by atoms with van der Waals surface area (Å²) in [6.45, 7) is 4.73. The summed E-state index contributed by atoms with van der Waals surface area (Å²) in [5, 5.41) is 3.56. The van der Waals surface area contributed by atoms with Gasteiger partial charge in [-0.2, -0.15) is 0 Å². The minimum absolute atomic E-state index is 0.341. The van der Waals surface area contributed by atoms with Crippen LogP contribution in [0.3, 0.4) is 0 Å². The molecule has 0 fully saturated rings. The second kappa shape index (κ2) is 4.72. The van der Waals surface area contributed by atoms with Gasteiger partial charge in [0.2, 0.25) is 5.89 Å². The summed E-state index contributed by atoms with van der Waals surface area (Å²) in [4.78, 5) is 4.14. The monoisotopic (exact) mass is 240 g/mol. The molecule has 0 radical (unpaired) electrons. The maximum Gasteiger partial charge on any atom is 0.209 e. The number of hydrogen-bond acceptors (Lipinski definition) is 4. The Morgan fingerprint density at radius 1 is 1.31 bits per heavy atom. The number of nitrogens with zero attached hydrogens (tertiary/aromatic N) is 1. The second-order valence-electron chi connectivity index (χ2n) is 3.76. The summed E-state index contributed by atoms with van der Waals surface area (Å²) in [5.41, 5.74) is 0. The topological polar surface area (TPSA) is 51.2 Å². The largest absolute Gasteiger partial charge is 0.441 e. The molecule has 5 heteroatoms. The Bertz CT molecular complexity index is 462. The number of furan rings is 1. The fourth-order valence-corrected chi connectivity index (χ4v) is 1.39. The smallest absolute Gasteiger partial charge is 0.209 e. The van der Waals surface area contributed by atoms with Crippen molar-refractivity contribution in [3.8, 4) is 11.5 Å². The van der Waals surface area contributed by atoms with E-state index in [-0.39, 0.29) is 0 Å². The molecule has 0 aliphatic heterocycles. The molecule has 0 aliphatic carbocycles. The Labute approximate surface area is 98.6 Å². The zero-order valence-corrected chi connectivity index (χ0v) is 9.91. The van der Waals surface area contributed by atoms with Crippen LogP contribution in [-0.4, -0.2) is 11.0 Å². The van der Waals surface area contributed by atoms with E-state index in [4.69, 9.17) is 20.4 Å². The van der Waals surface area contributed by atoms with Crippen molar-refractivity contribution in [3.05, 3.63) is 29.4 Å². The summed E-state index contributed by atoms with van der Waals surface area (Å²) < 4.78 is 10.7. The number of nitrogens with one attached hydrogen (secondary N) is 1. The molecule has 4 nitrogen and oxygen atoms in total. The van der Waals surface area contributed by atoms with Gasteiger partial charge >= 0.3 is 0 Å². The lowest BCUT2D eigenvalue weighted by atomic mass is 10.4. The number of halogens is 1. The first-order chi connectivity index (χ1) is 7.65. The number of oxazole rings is 1. The summed E-state index contributed by atoms with van der Waals surface area (Å²) >= 11 is 5.68. The van der Waals surface area contributed by atoms with Crippen molar-refractivity contribution in [1.82, 2.24) is 10.3 Å². The first kappa shape index (κ1) is 11.2. The van der Waals surface area contributed by atoms with E-state index in [1.165, 1.54) is 0 Å². The first-order valence-corrected chi connectivity index (χ1v) is 5.47. The van der Waals surface area contributed by atoms with Gasteiger partial charge in [-0.3, -0.25) is 0 Å². The SMILES string of the molecule is CC(C)NCc1ncc(-c2ccc(Cl)o2)o1. The fraction of sp³-hybridized carbons (Fsp3) is 0.364. The van der Waals surface area contributed by atoms with E-state index in [1.807, 2.05) is 0 Å². The van der Waals surface area contributed by atoms with Crippen molar-refractivity contribution in [3.63, 3.8) is 0 Å². The highest BCUT2D eigenvalue weighted by Gasteiger charge is 2.10. The lowest BCUT2D eigenvalue weighted by Gasteiger charge is -2.03. The number of hydrogen-bond donors (Lipinski definition) is 1. The van der Waals surface area contributed by atoms with Crippen molar-refractivity contribution in [2.24, 2.45) is 0 Å². The molecule has 16 heavy (non-hydrogen) atoms. The average Bonchev–Trinajstić information content (AvgIpc) is 2.83. The molecule has 2 aromatic rings. The van der Waals surface area contributed by atoms with E-state index < -0.39 is 0 Å². The third kappa shape index (κ3) is 2.65. The fourth-order valence-electron chi connectivity index (χ4n) is 1.24. The predicted molar refractivity (Wildman–Crippen MR) is 61.2 cm³/mol. The second-order valence-corrected chi connectivity index (χ2v) is 4.13. The lowest BCUT2D eigenvalue weighted by Crippen LogP contribution is -2.21. The molecule has 0 saturated heterocycles. The van der Waals surface area contributed by atoms with Gasteiger partial charge in [-0.25, -0.2) is 4.98 Å². The molecule has 86 valence electrons. The first-order valence-electron chi connectivity index (χ1n) is 5.09. The molecule has 0 unspecified atom stereocenters. The minimum atomic E-state index is 0.341. The summed E-state index contributed by atoms with van der Waals surface area (Å²) in [6.07, 6.45) is 1.63. The lowest BCUT2D eigenvalue weighted by molar-refractivity contribution is 0.447. The van der Waals surface area contributed by atoms with Gasteiger partial charge in [0, 0.05) is 6.04 Å². The molecule has 0 aliphatic rings. The molecular weight excluding hydrogens is 228 g/mol. The molecule has 2 aromatic heterocycles. The third-order valence-electron chi connectivity index (χ3n) is 2.03. The standard InChI is InChI=1S/C11H13ClN2O2/c1-7(2)13-6-11-14-5-9(16-11)8-3-4-10(12)15-8/h3-5,7,13H,6H2,1-2H3. The van der Waals surface area contributed by atoms with Crippen molar-refractivity contribution < 1.29 is 8.83 Å². The van der Waals surface area contributed by atoms with Gasteiger partial charge in [0.05, 0.1) is 12.7 Å². The zero-order chi connectivity index (χ0) is 11.5. The summed E-state index contributed by atoms with van der Waals surface area (Å²) in [7, 11) is 0. The highest BCUT2D eigenvalue weighted by atomic mass is 35.5. The summed E-state index contributed by atoms with van der Waals surface area (Å²) in [5.74, 6) is 1.82. The van der Waals surface area contributed by atoms with Crippen LogP contribution in [0.1, 0.15) is 19.7 Å². The van der Waals surface area contributed by atoms with Crippen molar-refractivity contribution in [1.29, 1.82) is 0 Å². The van der Waals surface area contributed by atoms with Crippen LogP contribution in [0, 0.1) is 0 Å². The molecule has 0 saturated carbocycles. The highest BCUT2D eigenvalue weighted by Crippen LogP contribution is 2.25. The Morgan fingerprint density at radius 3 is 2.75 bits per heavy atom. The van der Waals surface area contributed by atoms with E-state index in [0.29, 0.717) is 35.2 Å². The Morgan fingerprint density at radius 2 is 2.12 bits per heavy atom. The Hall–Kier alpha value is -1.26. The van der Waals surface area contributed by atoms with Gasteiger partial charge in [0.25, 0.3) is 0 Å². The van der Waals surface area contributed by atoms with Crippen LogP contribution in [0.2, 0.25) is 5.22 Å². The van der Waals surface area contributed by atoms with Gasteiger partial charge in [-0.15, -0.1) is 0 Å². The number of aromatic nitrogens is 1. The quantitative estimate of drug-likeness (QED) is 0.892. The maximum atomic E-state index is 5.68. The molecule has 2 rings (SSSR count). The van der Waals surface area contributed by atoms with E-state index in [1.54, 1.807) is 18.3 Å². The van der Waals surface area contributed by atoms with Crippen molar-refractivity contribution in [2.75, 3.05) is 0 Å². The van der Waals surface area contributed by atoms with Crippen LogP contribution in [0.5, 0.6) is 0 Å². The van der Waals surface area contributed by atoms with Gasteiger partial charge in [-0.1, -0.05) is 13.8 Å². The molecule has 0 bridgehead atoms. The molecule has 0 atom stereocenters. The van der Waals surface area contributed by atoms with Crippen LogP contribution in [0.25, 0.3) is 11.5 Å². The normalized spacial score (nSPS) is 11.2.